The third-order valence-corrected chi connectivity index (χ3v) is 12.3. The topological polar surface area (TPSA) is 186 Å². The van der Waals surface area contributed by atoms with Gasteiger partial charge in [0.1, 0.15) is 31.0 Å². The van der Waals surface area contributed by atoms with Crippen molar-refractivity contribution in [2.75, 3.05) is 13.2 Å². The summed E-state index contributed by atoms with van der Waals surface area (Å²) in [6, 6.07) is 0. The lowest BCUT2D eigenvalue weighted by atomic mass is 9.41. The number of hydrogen-bond donors (Lipinski definition) is 7. The number of aliphatic hydroxyl groups excluding tert-OH is 5. The molecule has 7 N–H and O–H groups in total. The molecule has 2 heterocycles. The summed E-state index contributed by atoms with van der Waals surface area (Å²) in [6.45, 7) is 3.74. The van der Waals surface area contributed by atoms with Gasteiger partial charge in [0.2, 0.25) is 0 Å². The van der Waals surface area contributed by atoms with Crippen molar-refractivity contribution in [1.82, 2.24) is 0 Å². The van der Waals surface area contributed by atoms with Crippen LogP contribution in [0.4, 0.5) is 0 Å². The van der Waals surface area contributed by atoms with Crippen molar-refractivity contribution in [3.05, 3.63) is 11.6 Å². The summed E-state index contributed by atoms with van der Waals surface area (Å²) in [7, 11) is 0. The van der Waals surface area contributed by atoms with E-state index in [-0.39, 0.29) is 43.2 Å². The maximum Gasteiger partial charge on any atom is 0.331 e. The van der Waals surface area contributed by atoms with E-state index in [1.54, 1.807) is 6.08 Å². The summed E-state index contributed by atoms with van der Waals surface area (Å²) in [6.07, 6.45) is -3.18. The Morgan fingerprint density at radius 1 is 0.975 bits per heavy atom. The fourth-order valence-corrected chi connectivity index (χ4v) is 9.92. The zero-order valence-electron chi connectivity index (χ0n) is 23.2. The van der Waals surface area contributed by atoms with E-state index in [0.29, 0.717) is 25.7 Å². The number of ether oxygens (including phenoxy) is 3. The molecular weight excluding hydrogens is 524 g/mol. The van der Waals surface area contributed by atoms with E-state index in [0.717, 1.165) is 18.4 Å². The van der Waals surface area contributed by atoms with E-state index in [9.17, 15) is 40.5 Å². The lowest BCUT2D eigenvalue weighted by molar-refractivity contribution is -0.333. The van der Waals surface area contributed by atoms with Crippen LogP contribution >= 0.6 is 0 Å². The number of hydrogen-bond acceptors (Lipinski definition) is 11. The molecule has 226 valence electrons. The normalized spacial score (nSPS) is 56.1. The highest BCUT2D eigenvalue weighted by molar-refractivity contribution is 5.85. The van der Waals surface area contributed by atoms with E-state index >= 15 is 0 Å². The first-order valence-electron chi connectivity index (χ1n) is 14.7. The van der Waals surface area contributed by atoms with Crippen molar-refractivity contribution >= 4 is 5.97 Å². The largest absolute Gasteiger partial charge is 0.458 e. The molecule has 14 atom stereocenters. The number of cyclic esters (lactones) is 1. The van der Waals surface area contributed by atoms with Gasteiger partial charge >= 0.3 is 5.97 Å². The Bertz CT molecular complexity index is 1050. The van der Waals surface area contributed by atoms with Crippen LogP contribution in [0.15, 0.2) is 11.6 Å². The smallest absolute Gasteiger partial charge is 0.331 e. The highest BCUT2D eigenvalue weighted by Gasteiger charge is 2.72. The summed E-state index contributed by atoms with van der Waals surface area (Å²) in [5.41, 5.74) is -2.70. The van der Waals surface area contributed by atoms with E-state index in [4.69, 9.17) is 14.2 Å². The lowest BCUT2D eigenvalue weighted by Gasteiger charge is -2.67. The Kier molecular flexibility index (Phi) is 7.01. The van der Waals surface area contributed by atoms with Crippen molar-refractivity contribution in [2.24, 2.45) is 28.6 Å². The molecular formula is C29H44O11. The SMILES string of the molecule is C[C@]12[C@H](O)C[C@H](O[C@H]3O[C@@H](CO)[C@H](O)[C@@H](O)[C@@H]3O)C[C@@]1(O)CC[C@@H]1[C@@H]2CC[C@]2(C)[C@H](C3=CC(=O)OC3)CC[C@]12O. The Morgan fingerprint density at radius 2 is 1.70 bits per heavy atom. The van der Waals surface area contributed by atoms with Gasteiger partial charge in [-0.15, -0.1) is 0 Å². The molecule has 1 saturated heterocycles. The summed E-state index contributed by atoms with van der Waals surface area (Å²) < 4.78 is 16.7. The molecule has 0 aromatic carbocycles. The monoisotopic (exact) mass is 568 g/mol. The second-order valence-corrected chi connectivity index (χ2v) is 13.8. The minimum Gasteiger partial charge on any atom is -0.458 e. The van der Waals surface area contributed by atoms with Crippen LogP contribution in [0.2, 0.25) is 0 Å². The Hall–Kier alpha value is -1.15. The average molecular weight is 569 g/mol. The van der Waals surface area contributed by atoms with Crippen molar-refractivity contribution in [1.29, 1.82) is 0 Å². The van der Waals surface area contributed by atoms with Crippen molar-refractivity contribution < 1.29 is 54.8 Å². The van der Waals surface area contributed by atoms with E-state index in [1.165, 1.54) is 0 Å². The minimum atomic E-state index is -1.58. The van der Waals surface area contributed by atoms with Gasteiger partial charge in [-0.05, 0) is 61.9 Å². The summed E-state index contributed by atoms with van der Waals surface area (Å²) in [5.74, 6) is -0.547. The molecule has 0 radical (unpaired) electrons. The van der Waals surface area contributed by atoms with Crippen molar-refractivity contribution in [2.45, 2.75) is 119 Å². The van der Waals surface area contributed by atoms with Gasteiger partial charge < -0.3 is 50.0 Å². The quantitative estimate of drug-likeness (QED) is 0.171. The van der Waals surface area contributed by atoms with E-state index in [1.807, 2.05) is 6.92 Å². The molecule has 0 bridgehead atoms. The molecule has 0 aromatic rings. The molecule has 4 aliphatic carbocycles. The van der Waals surface area contributed by atoms with Crippen LogP contribution in [-0.2, 0) is 19.0 Å². The number of fused-ring (bicyclic) bond motifs is 5. The highest BCUT2D eigenvalue weighted by Crippen LogP contribution is 2.70. The maximum atomic E-state index is 12.4. The van der Waals surface area contributed by atoms with E-state index < -0.39 is 71.6 Å². The first-order chi connectivity index (χ1) is 18.8. The Labute approximate surface area is 233 Å². The molecule has 0 aromatic heterocycles. The number of aliphatic hydroxyl groups is 7. The number of rotatable bonds is 4. The zero-order valence-corrected chi connectivity index (χ0v) is 23.2. The average Bonchev–Trinajstić information content (AvgIpc) is 3.45. The predicted molar refractivity (Wildman–Crippen MR) is 137 cm³/mol. The van der Waals surface area contributed by atoms with Crippen LogP contribution in [0, 0.1) is 28.6 Å². The van der Waals surface area contributed by atoms with Gasteiger partial charge in [0.05, 0.1) is 30.0 Å². The fraction of sp³-hybridized carbons (Fsp3) is 0.897. The summed E-state index contributed by atoms with van der Waals surface area (Å²) >= 11 is 0. The number of carbonyl (C=O) groups is 1. The standard InChI is InChI=1S/C29H44O11/c1-26-6-3-17-18(29(26,37)8-5-16(26)14-9-21(32)38-13-14)4-7-28(36)11-15(10-20(31)27(17,28)2)39-25-24(35)23(34)22(33)19(12-30)40-25/h9,15-20,22-25,30-31,33-37H,3-8,10-13H2,1-2H3/t15-,16-,17-,18+,19-,20+,22-,23+,24-,25-,26+,27-,28-,29-/m0/s1. The van der Waals surface area contributed by atoms with Crippen molar-refractivity contribution in [3.8, 4) is 0 Å². The molecule has 11 nitrogen and oxygen atoms in total. The van der Waals surface area contributed by atoms with Crippen LogP contribution in [0.1, 0.15) is 65.2 Å². The molecule has 40 heavy (non-hydrogen) atoms. The van der Waals surface area contributed by atoms with Crippen molar-refractivity contribution in [3.63, 3.8) is 0 Å². The first kappa shape index (κ1) is 28.9. The van der Waals surface area contributed by atoms with Gasteiger partial charge in [-0.2, -0.15) is 0 Å². The molecule has 0 amide bonds. The van der Waals surface area contributed by atoms with Gasteiger partial charge in [0.15, 0.2) is 6.29 Å². The Balaban J connectivity index is 1.22. The van der Waals surface area contributed by atoms with Gasteiger partial charge in [0, 0.05) is 29.7 Å². The third kappa shape index (κ3) is 3.85. The lowest BCUT2D eigenvalue weighted by Crippen LogP contribution is -2.71. The number of carbonyl (C=O) groups excluding carboxylic acids is 1. The van der Waals surface area contributed by atoms with Gasteiger partial charge in [0.25, 0.3) is 0 Å². The molecule has 6 rings (SSSR count). The fourth-order valence-electron chi connectivity index (χ4n) is 9.92. The second kappa shape index (κ2) is 9.68. The van der Waals surface area contributed by atoms with Crippen LogP contribution in [-0.4, -0.2) is 109 Å². The number of esters is 1. The predicted octanol–water partition coefficient (Wildman–Crippen LogP) is -0.486. The van der Waals surface area contributed by atoms with Crippen LogP contribution in [0.25, 0.3) is 0 Å². The van der Waals surface area contributed by atoms with Crippen LogP contribution < -0.4 is 0 Å². The first-order valence-corrected chi connectivity index (χ1v) is 14.7. The Morgan fingerprint density at radius 3 is 2.38 bits per heavy atom. The molecule has 0 unspecified atom stereocenters. The molecule has 2 aliphatic heterocycles. The van der Waals surface area contributed by atoms with Gasteiger partial charge in [-0.3, -0.25) is 0 Å². The van der Waals surface area contributed by atoms with Gasteiger partial charge in [-0.1, -0.05) is 13.8 Å². The molecule has 0 spiro atoms. The van der Waals surface area contributed by atoms with E-state index in [2.05, 4.69) is 6.92 Å². The summed E-state index contributed by atoms with van der Waals surface area (Å²) in [5, 5.41) is 76.4. The molecule has 11 heteroatoms. The molecule has 6 aliphatic rings. The third-order valence-electron chi connectivity index (χ3n) is 12.3. The van der Waals surface area contributed by atoms with Crippen LogP contribution in [0.5, 0.6) is 0 Å². The zero-order chi connectivity index (χ0) is 28.8. The maximum absolute atomic E-state index is 12.4. The minimum absolute atomic E-state index is 0.0473. The van der Waals surface area contributed by atoms with Crippen LogP contribution in [0.3, 0.4) is 0 Å². The molecule has 4 saturated carbocycles. The molecule has 5 fully saturated rings. The highest BCUT2D eigenvalue weighted by atomic mass is 16.7. The van der Waals surface area contributed by atoms with Gasteiger partial charge in [-0.25, -0.2) is 4.79 Å². The summed E-state index contributed by atoms with van der Waals surface area (Å²) in [4.78, 5) is 11.8. The second-order valence-electron chi connectivity index (χ2n) is 13.8.